The average Bonchev–Trinajstić information content (AvgIpc) is 3.73. The molecule has 12 nitrogen and oxygen atoms in total. The highest BCUT2D eigenvalue weighted by molar-refractivity contribution is 6.31. The lowest BCUT2D eigenvalue weighted by Crippen LogP contribution is -2.53. The number of amides is 2. The first-order chi connectivity index (χ1) is 25.4. The minimum Gasteiger partial charge on any atom is -0.497 e. The van der Waals surface area contributed by atoms with Gasteiger partial charge in [0.25, 0.3) is 0 Å². The lowest BCUT2D eigenvalue weighted by atomic mass is 9.66. The van der Waals surface area contributed by atoms with Gasteiger partial charge in [0.15, 0.2) is 11.6 Å². The van der Waals surface area contributed by atoms with E-state index in [9.17, 15) is 9.59 Å². The second kappa shape index (κ2) is 14.4. The van der Waals surface area contributed by atoms with Crippen molar-refractivity contribution >= 4 is 29.4 Å². The molecule has 284 valence electrons. The molecule has 53 heavy (non-hydrogen) atoms. The number of aromatic nitrogens is 3. The summed E-state index contributed by atoms with van der Waals surface area (Å²) in [6, 6.07) is 5.77. The Morgan fingerprint density at radius 1 is 1.09 bits per heavy atom. The maximum atomic E-state index is 16.1. The van der Waals surface area contributed by atoms with Crippen molar-refractivity contribution in [3.05, 3.63) is 63.2 Å². The summed E-state index contributed by atoms with van der Waals surface area (Å²) in [7, 11) is 4.87. The Hall–Kier alpha value is -4.39. The molecule has 0 unspecified atom stereocenters. The fraction of sp³-hybridized carbons (Fsp3) is 0.564. The van der Waals surface area contributed by atoms with E-state index < -0.39 is 29.2 Å². The van der Waals surface area contributed by atoms with Crippen molar-refractivity contribution in [2.75, 3.05) is 33.9 Å². The molecule has 2 aliphatic heterocycles. The van der Waals surface area contributed by atoms with Crippen molar-refractivity contribution in [1.29, 1.82) is 0 Å². The van der Waals surface area contributed by atoms with Gasteiger partial charge < -0.3 is 28.7 Å². The third-order valence-corrected chi connectivity index (χ3v) is 12.4. The third-order valence-electron chi connectivity index (χ3n) is 12.1. The zero-order valence-electron chi connectivity index (χ0n) is 31.0. The second-order valence-corrected chi connectivity index (χ2v) is 15.7. The Kier molecular flexibility index (Phi) is 10.1. The number of methoxy groups -OCH3 is 2. The molecule has 3 aromatic rings. The van der Waals surface area contributed by atoms with Crippen LogP contribution >= 0.6 is 11.6 Å². The lowest BCUT2D eigenvalue weighted by molar-refractivity contribution is -0.169. The molecule has 3 atom stereocenters. The van der Waals surface area contributed by atoms with E-state index in [1.165, 1.54) is 13.2 Å². The first-order valence-corrected chi connectivity index (χ1v) is 18.7. The molecule has 7 rings (SSSR count). The van der Waals surface area contributed by atoms with Gasteiger partial charge >= 0.3 is 5.97 Å². The molecule has 2 aromatic carbocycles. The first-order valence-electron chi connectivity index (χ1n) is 18.3. The van der Waals surface area contributed by atoms with Gasteiger partial charge in [-0.25, -0.2) is 4.39 Å². The highest BCUT2D eigenvalue weighted by Gasteiger charge is 2.54. The summed E-state index contributed by atoms with van der Waals surface area (Å²) in [4.78, 5) is 46.1. The monoisotopic (exact) mass is 751 g/mol. The fourth-order valence-electron chi connectivity index (χ4n) is 8.45. The van der Waals surface area contributed by atoms with Crippen molar-refractivity contribution in [1.82, 2.24) is 24.8 Å². The Morgan fingerprint density at radius 3 is 2.57 bits per heavy atom. The number of likely N-dealkylation sites (tertiary alicyclic amines) is 1. The Balaban J connectivity index is 1.21. The van der Waals surface area contributed by atoms with E-state index in [1.54, 1.807) is 46.8 Å². The highest BCUT2D eigenvalue weighted by atomic mass is 35.5. The summed E-state index contributed by atoms with van der Waals surface area (Å²) >= 11 is 6.74. The highest BCUT2D eigenvalue weighted by Crippen LogP contribution is 2.54. The summed E-state index contributed by atoms with van der Waals surface area (Å²) < 4.78 is 40.7. The molecule has 1 saturated heterocycles. The summed E-state index contributed by atoms with van der Waals surface area (Å²) in [5.74, 6) is -0.939. The number of fused-ring (bicyclic) bond motifs is 1. The van der Waals surface area contributed by atoms with Crippen molar-refractivity contribution in [3.63, 3.8) is 0 Å². The zero-order valence-corrected chi connectivity index (χ0v) is 31.8. The van der Waals surface area contributed by atoms with Crippen LogP contribution in [0.25, 0.3) is 0 Å². The molecular weight excluding hydrogens is 705 g/mol. The van der Waals surface area contributed by atoms with Crippen molar-refractivity contribution in [3.8, 4) is 17.2 Å². The third kappa shape index (κ3) is 6.92. The molecule has 3 heterocycles. The molecule has 2 saturated carbocycles. The number of esters is 1. The summed E-state index contributed by atoms with van der Waals surface area (Å²) in [6.45, 7) is 4.59. The molecule has 2 aliphatic carbocycles. The molecule has 0 radical (unpaired) electrons. The molecule has 1 spiro atoms. The number of ether oxygens (including phenoxy) is 4. The topological polar surface area (TPSA) is 125 Å². The minimum absolute atomic E-state index is 0.0159. The van der Waals surface area contributed by atoms with Crippen LogP contribution in [0.3, 0.4) is 0 Å². The van der Waals surface area contributed by atoms with E-state index >= 15 is 9.18 Å². The summed E-state index contributed by atoms with van der Waals surface area (Å²) in [6.07, 6.45) is 5.25. The average molecular weight is 752 g/mol. The number of carbonyl (C=O) groups excluding carboxylic acids is 3. The SMILES string of the molecule is COc1ccc(COC(=O)[C@@]2(C)CCCC[C@H]2C(=O)N2CCc3c(Cl)cc(F)c(OCc4nnn(C)c4C)c3[C@H]2CN2CC3(CC3)CC2=O)c(OC)c1. The normalized spacial score (nSPS) is 23.2. The van der Waals surface area contributed by atoms with Gasteiger partial charge in [-0.1, -0.05) is 29.7 Å². The van der Waals surface area contributed by atoms with Gasteiger partial charge in [0.1, 0.15) is 30.4 Å². The standard InChI is InChI=1S/C39H47ClFN5O7/c1-23-30(42-43-44(23)3)21-52-35-29(41)17-28(40)26-11-15-46(31(34(26)35)19-45-22-39(13-14-39)18-33(45)47)36(48)27-8-6-7-12-38(27,2)37(49)53-20-24-9-10-25(50-4)16-32(24)51-5/h9-10,16-17,27,31H,6-8,11-15,18-22H2,1-5H3/t27-,31+,38-/m0/s1. The molecule has 1 aromatic heterocycles. The van der Waals surface area contributed by atoms with Gasteiger partial charge in [-0.3, -0.25) is 19.1 Å². The summed E-state index contributed by atoms with van der Waals surface area (Å²) in [5.41, 5.74) is 1.97. The number of halogens is 2. The number of benzene rings is 2. The number of rotatable bonds is 11. The smallest absolute Gasteiger partial charge is 0.312 e. The fourth-order valence-corrected chi connectivity index (χ4v) is 8.74. The molecule has 14 heteroatoms. The van der Waals surface area contributed by atoms with E-state index in [4.69, 9.17) is 30.5 Å². The summed E-state index contributed by atoms with van der Waals surface area (Å²) in [5, 5.41) is 8.47. The van der Waals surface area contributed by atoms with Crippen LogP contribution in [0.15, 0.2) is 24.3 Å². The minimum atomic E-state index is -1.12. The van der Waals surface area contributed by atoms with E-state index in [0.717, 1.165) is 31.4 Å². The van der Waals surface area contributed by atoms with Gasteiger partial charge in [-0.05, 0) is 75.1 Å². The molecule has 0 N–H and O–H groups in total. The molecule has 3 fully saturated rings. The molecule has 0 bridgehead atoms. The van der Waals surface area contributed by atoms with E-state index in [-0.39, 0.29) is 54.3 Å². The van der Waals surface area contributed by atoms with Crippen LogP contribution in [0.5, 0.6) is 17.2 Å². The zero-order chi connectivity index (χ0) is 37.7. The van der Waals surface area contributed by atoms with E-state index in [2.05, 4.69) is 10.3 Å². The first kappa shape index (κ1) is 36.9. The predicted molar refractivity (Wildman–Crippen MR) is 192 cm³/mol. The van der Waals surface area contributed by atoms with Crippen LogP contribution in [0.1, 0.15) is 86.0 Å². The lowest BCUT2D eigenvalue weighted by Gasteiger charge is -2.45. The van der Waals surface area contributed by atoms with Gasteiger partial charge in [-0.15, -0.1) is 5.10 Å². The number of carbonyl (C=O) groups is 3. The Bertz CT molecular complexity index is 1930. The van der Waals surface area contributed by atoms with Crippen LogP contribution in [-0.4, -0.2) is 76.4 Å². The van der Waals surface area contributed by atoms with Crippen molar-refractivity contribution in [2.45, 2.75) is 84.5 Å². The molecule has 4 aliphatic rings. The van der Waals surface area contributed by atoms with Crippen molar-refractivity contribution < 1.29 is 37.7 Å². The Morgan fingerprint density at radius 2 is 1.89 bits per heavy atom. The van der Waals surface area contributed by atoms with Gasteiger partial charge in [0.05, 0.1) is 37.3 Å². The van der Waals surface area contributed by atoms with Crippen LogP contribution in [0.2, 0.25) is 5.02 Å². The number of nitrogens with zero attached hydrogens (tertiary/aromatic N) is 5. The Labute approximate surface area is 313 Å². The quantitative estimate of drug-likeness (QED) is 0.221. The van der Waals surface area contributed by atoms with Crippen LogP contribution in [-0.2, 0) is 45.8 Å². The van der Waals surface area contributed by atoms with Gasteiger partial charge in [0.2, 0.25) is 11.8 Å². The maximum Gasteiger partial charge on any atom is 0.312 e. The molecule has 2 amide bonds. The van der Waals surface area contributed by atoms with E-state index in [1.807, 2.05) is 13.8 Å². The maximum absolute atomic E-state index is 16.1. The number of hydrogen-bond acceptors (Lipinski definition) is 9. The van der Waals surface area contributed by atoms with Gasteiger partial charge in [-0.2, -0.15) is 0 Å². The second-order valence-electron chi connectivity index (χ2n) is 15.3. The van der Waals surface area contributed by atoms with Crippen LogP contribution in [0, 0.1) is 29.5 Å². The van der Waals surface area contributed by atoms with E-state index in [0.29, 0.717) is 66.1 Å². The van der Waals surface area contributed by atoms with Crippen molar-refractivity contribution in [2.24, 2.45) is 23.8 Å². The van der Waals surface area contributed by atoms with Crippen LogP contribution in [0.4, 0.5) is 4.39 Å². The van der Waals surface area contributed by atoms with Crippen LogP contribution < -0.4 is 14.2 Å². The number of hydrogen-bond donors (Lipinski definition) is 0. The number of aryl methyl sites for hydroxylation is 1. The predicted octanol–water partition coefficient (Wildman–Crippen LogP) is 5.89. The van der Waals surface area contributed by atoms with Gasteiger partial charge in [0, 0.05) is 55.3 Å². The largest absolute Gasteiger partial charge is 0.497 e. The molecular formula is C39H47ClFN5O7.